The standard InChI is InChI=1S/C19H16N6O7.Mn/c20-19(21)22-3-1-2-10-24-14-15-12(7(17(28)29)5-11(25(10)15)32-6-26)13-8(16(14)27)4-9(23-13)18(30)31;/h4-6,23H,1-3H2,(H,28,29)(H,30,31)(H4,20,21,22);. The Hall–Kier alpha value is -4.16. The molecule has 7 N–H and O–H groups in total. The van der Waals surface area contributed by atoms with Crippen LogP contribution in [0.4, 0.5) is 0 Å². The number of imidazole rings is 1. The summed E-state index contributed by atoms with van der Waals surface area (Å²) in [7, 11) is 0. The van der Waals surface area contributed by atoms with Crippen molar-refractivity contribution in [2.45, 2.75) is 12.8 Å². The molecular weight excluding hydrogens is 479 g/mol. The van der Waals surface area contributed by atoms with Crippen LogP contribution in [0.3, 0.4) is 0 Å². The second kappa shape index (κ2) is 8.76. The first-order chi connectivity index (χ1) is 15.2. The molecule has 0 aliphatic carbocycles. The smallest absolute Gasteiger partial charge is 0.352 e. The van der Waals surface area contributed by atoms with Gasteiger partial charge in [0, 0.05) is 41.5 Å². The van der Waals surface area contributed by atoms with E-state index in [1.165, 1.54) is 4.40 Å². The van der Waals surface area contributed by atoms with E-state index in [2.05, 4.69) is 15.0 Å². The van der Waals surface area contributed by atoms with E-state index in [0.717, 1.165) is 12.1 Å². The van der Waals surface area contributed by atoms with Gasteiger partial charge in [-0.15, -0.1) is 0 Å². The predicted molar refractivity (Wildman–Crippen MR) is 112 cm³/mol. The summed E-state index contributed by atoms with van der Waals surface area (Å²) in [5.74, 6) is -2.62. The van der Waals surface area contributed by atoms with Gasteiger partial charge in [-0.05, 0) is 12.5 Å². The van der Waals surface area contributed by atoms with Gasteiger partial charge >= 0.3 is 11.9 Å². The van der Waals surface area contributed by atoms with E-state index < -0.39 is 17.4 Å². The molecule has 0 unspecified atom stereocenters. The molecule has 1 aromatic carbocycles. The number of aromatic amines is 1. The van der Waals surface area contributed by atoms with E-state index in [1.54, 1.807) is 0 Å². The largest absolute Gasteiger partial charge is 0.478 e. The van der Waals surface area contributed by atoms with Crippen molar-refractivity contribution >= 4 is 51.7 Å². The number of hydrogen-bond acceptors (Lipinski definition) is 7. The number of pyridine rings is 1. The number of aromatic nitrogens is 3. The third kappa shape index (κ3) is 3.81. The molecule has 0 fully saturated rings. The van der Waals surface area contributed by atoms with E-state index in [0.29, 0.717) is 12.2 Å². The Morgan fingerprint density at radius 2 is 1.97 bits per heavy atom. The number of rotatable bonds is 8. The van der Waals surface area contributed by atoms with Crippen molar-refractivity contribution in [2.75, 3.05) is 6.54 Å². The minimum atomic E-state index is -1.37. The molecule has 0 aliphatic rings. The van der Waals surface area contributed by atoms with Crippen LogP contribution in [0.15, 0.2) is 21.9 Å². The SMILES string of the molecule is NC(N)=NCCCc1nc2c(=O)c3cc(C(=O)O)[nH]c3c3c(C(=O)O)cc(OC=O)n1c23.[Mn]. The van der Waals surface area contributed by atoms with E-state index in [9.17, 15) is 29.4 Å². The van der Waals surface area contributed by atoms with E-state index in [-0.39, 0.29) is 86.9 Å². The number of carboxylic acid groups (broad SMARTS) is 2. The van der Waals surface area contributed by atoms with Gasteiger partial charge in [0.2, 0.25) is 11.3 Å². The molecule has 4 rings (SSSR count). The predicted octanol–water partition coefficient (Wildman–Crippen LogP) is -0.0981. The zero-order valence-corrected chi connectivity index (χ0v) is 17.8. The number of ether oxygens (including phenoxy) is 1. The fourth-order valence-electron chi connectivity index (χ4n) is 3.73. The molecule has 33 heavy (non-hydrogen) atoms. The topological polar surface area (TPSA) is 215 Å². The fourth-order valence-corrected chi connectivity index (χ4v) is 3.73. The second-order valence-electron chi connectivity index (χ2n) is 6.87. The molecule has 3 aromatic heterocycles. The number of carboxylic acids is 2. The summed E-state index contributed by atoms with van der Waals surface area (Å²) in [6.07, 6.45) is 0.691. The van der Waals surface area contributed by atoms with Crippen molar-refractivity contribution in [2.24, 2.45) is 16.5 Å². The van der Waals surface area contributed by atoms with Crippen LogP contribution in [0.1, 0.15) is 33.1 Å². The van der Waals surface area contributed by atoms with Gasteiger partial charge in [-0.1, -0.05) is 0 Å². The van der Waals surface area contributed by atoms with Crippen LogP contribution in [0.25, 0.3) is 27.3 Å². The number of nitrogens with two attached hydrogens (primary N) is 2. The number of nitrogens with one attached hydrogen (secondary N) is 1. The first kappa shape index (κ1) is 23.5. The van der Waals surface area contributed by atoms with Gasteiger partial charge in [0.1, 0.15) is 17.0 Å². The Balaban J connectivity index is 0.00000306. The molecule has 13 nitrogen and oxygen atoms in total. The van der Waals surface area contributed by atoms with Gasteiger partial charge in [-0.2, -0.15) is 0 Å². The summed E-state index contributed by atoms with van der Waals surface area (Å²) >= 11 is 0. The van der Waals surface area contributed by atoms with Crippen molar-refractivity contribution in [1.82, 2.24) is 14.4 Å². The normalized spacial score (nSPS) is 10.9. The van der Waals surface area contributed by atoms with Gasteiger partial charge in [-0.3, -0.25) is 19.0 Å². The third-order valence-electron chi connectivity index (χ3n) is 4.95. The summed E-state index contributed by atoms with van der Waals surface area (Å²) < 4.78 is 6.36. The maximum Gasteiger partial charge on any atom is 0.352 e. The number of aromatic carboxylic acids is 2. The minimum Gasteiger partial charge on any atom is -0.478 e. The average molecular weight is 495 g/mol. The van der Waals surface area contributed by atoms with Crippen LogP contribution in [0.5, 0.6) is 5.88 Å². The number of nitrogens with zero attached hydrogens (tertiary/aromatic N) is 3. The number of aryl methyl sites for hydroxylation is 1. The van der Waals surface area contributed by atoms with Crippen molar-refractivity contribution in [3.05, 3.63) is 39.4 Å². The number of carbonyl (C=O) groups is 3. The fraction of sp³-hybridized carbons (Fsp3) is 0.158. The van der Waals surface area contributed by atoms with E-state index in [1.807, 2.05) is 0 Å². The molecule has 1 radical (unpaired) electrons. The Kier molecular flexibility index (Phi) is 6.24. The second-order valence-corrected chi connectivity index (χ2v) is 6.87. The summed E-state index contributed by atoms with van der Waals surface area (Å²) in [5.41, 5.74) is 9.50. The quantitative estimate of drug-likeness (QED) is 0.0719. The molecule has 0 aliphatic heterocycles. The van der Waals surface area contributed by atoms with Gasteiger partial charge in [0.15, 0.2) is 5.96 Å². The maximum absolute atomic E-state index is 13.1. The van der Waals surface area contributed by atoms with Crippen LogP contribution in [0, 0.1) is 0 Å². The molecular formula is C19H16MnN6O7. The Labute approximate surface area is 193 Å². The third-order valence-corrected chi connectivity index (χ3v) is 4.95. The summed E-state index contributed by atoms with van der Waals surface area (Å²) in [5, 5.41) is 19.1. The van der Waals surface area contributed by atoms with Crippen molar-refractivity contribution in [1.29, 1.82) is 0 Å². The number of hydrogen-bond donors (Lipinski definition) is 5. The van der Waals surface area contributed by atoms with Crippen LogP contribution >= 0.6 is 0 Å². The Morgan fingerprint density at radius 3 is 2.58 bits per heavy atom. The summed E-state index contributed by atoms with van der Waals surface area (Å²) in [4.78, 5) is 58.5. The molecule has 4 aromatic rings. The van der Waals surface area contributed by atoms with Crippen molar-refractivity contribution in [3.63, 3.8) is 0 Å². The number of carbonyl (C=O) groups excluding carboxylic acids is 1. The number of aliphatic imine (C=N–C) groups is 1. The van der Waals surface area contributed by atoms with Gasteiger partial charge < -0.3 is 31.4 Å². The molecule has 171 valence electrons. The molecule has 0 spiro atoms. The number of H-pyrrole nitrogens is 1. The minimum absolute atomic E-state index is 0. The summed E-state index contributed by atoms with van der Waals surface area (Å²) in [6.45, 7) is 0.393. The summed E-state index contributed by atoms with van der Waals surface area (Å²) in [6, 6.07) is 2.25. The number of benzene rings is 1. The zero-order chi connectivity index (χ0) is 23.2. The molecule has 14 heteroatoms. The van der Waals surface area contributed by atoms with Crippen molar-refractivity contribution < 1.29 is 46.4 Å². The first-order valence-electron chi connectivity index (χ1n) is 9.23. The first-order valence-corrected chi connectivity index (χ1v) is 9.23. The van der Waals surface area contributed by atoms with Crippen LogP contribution < -0.4 is 21.6 Å². The molecule has 0 bridgehead atoms. The van der Waals surface area contributed by atoms with Crippen LogP contribution in [-0.2, 0) is 28.3 Å². The molecule has 0 saturated carbocycles. The molecule has 0 atom stereocenters. The molecule has 3 heterocycles. The molecule has 0 amide bonds. The van der Waals surface area contributed by atoms with E-state index in [4.69, 9.17) is 16.2 Å². The van der Waals surface area contributed by atoms with Crippen molar-refractivity contribution in [3.8, 4) is 5.88 Å². The number of guanidine groups is 1. The average Bonchev–Trinajstić information content (AvgIpc) is 3.33. The van der Waals surface area contributed by atoms with Gasteiger partial charge in [0.05, 0.1) is 22.0 Å². The molecule has 0 saturated heterocycles. The Morgan fingerprint density at radius 1 is 1.24 bits per heavy atom. The van der Waals surface area contributed by atoms with Crippen LogP contribution in [-0.4, -0.2) is 55.5 Å². The number of fused-ring (bicyclic) bond motifs is 2. The van der Waals surface area contributed by atoms with Crippen LogP contribution in [0.2, 0.25) is 0 Å². The van der Waals surface area contributed by atoms with Gasteiger partial charge in [0.25, 0.3) is 6.47 Å². The van der Waals surface area contributed by atoms with E-state index >= 15 is 0 Å². The monoisotopic (exact) mass is 495 g/mol. The van der Waals surface area contributed by atoms with Gasteiger partial charge in [-0.25, -0.2) is 14.6 Å². The maximum atomic E-state index is 13.1. The zero-order valence-electron chi connectivity index (χ0n) is 16.7. The Bertz CT molecular complexity index is 1500.